The van der Waals surface area contributed by atoms with E-state index in [1.54, 1.807) is 0 Å². The first-order valence-electron chi connectivity index (χ1n) is 4.50. The van der Waals surface area contributed by atoms with Crippen molar-refractivity contribution in [2.45, 2.75) is 0 Å². The van der Waals surface area contributed by atoms with Crippen LogP contribution in [0.5, 0.6) is 0 Å². The summed E-state index contributed by atoms with van der Waals surface area (Å²) in [6.07, 6.45) is 1.27. The molecule has 5 nitrogen and oxygen atoms in total. The molecule has 1 aromatic heterocycles. The molecule has 2 rings (SSSR count). The first-order valence-corrected chi connectivity index (χ1v) is 5.25. The van der Waals surface area contributed by atoms with Crippen LogP contribution in [-0.4, -0.2) is 14.9 Å². The molecule has 0 unspecified atom stereocenters. The van der Waals surface area contributed by atoms with Crippen molar-refractivity contribution in [2.24, 2.45) is 0 Å². The van der Waals surface area contributed by atoms with Gasteiger partial charge in [0.2, 0.25) is 0 Å². The zero-order chi connectivity index (χ0) is 12.4. The number of hydrogen-bond acceptors (Lipinski definition) is 4. The molecule has 0 N–H and O–H groups in total. The Hall–Kier alpha value is -1.72. The summed E-state index contributed by atoms with van der Waals surface area (Å²) in [5, 5.41) is 11.3. The number of halogens is 2. The van der Waals surface area contributed by atoms with Crippen LogP contribution >= 0.6 is 23.2 Å². The molecule has 0 saturated carbocycles. The number of nitro benzene ring substituents is 1. The summed E-state index contributed by atoms with van der Waals surface area (Å²) in [6.45, 7) is 0. The zero-order valence-corrected chi connectivity index (χ0v) is 9.81. The predicted molar refractivity (Wildman–Crippen MR) is 64.1 cm³/mol. The van der Waals surface area contributed by atoms with Gasteiger partial charge in [-0.25, -0.2) is 9.97 Å². The van der Waals surface area contributed by atoms with E-state index in [1.165, 1.54) is 30.6 Å². The lowest BCUT2D eigenvalue weighted by Crippen LogP contribution is -1.91. The summed E-state index contributed by atoms with van der Waals surface area (Å²) in [4.78, 5) is 17.9. The van der Waals surface area contributed by atoms with E-state index in [-0.39, 0.29) is 10.8 Å². The van der Waals surface area contributed by atoms with Gasteiger partial charge in [0.1, 0.15) is 11.5 Å². The quantitative estimate of drug-likeness (QED) is 0.476. The van der Waals surface area contributed by atoms with Crippen molar-refractivity contribution in [2.75, 3.05) is 0 Å². The third-order valence-electron chi connectivity index (χ3n) is 2.07. The molecule has 0 aliphatic heterocycles. The van der Waals surface area contributed by atoms with Crippen molar-refractivity contribution in [3.05, 3.63) is 50.9 Å². The minimum Gasteiger partial charge on any atom is -0.258 e. The van der Waals surface area contributed by atoms with Gasteiger partial charge in [-0.2, -0.15) is 0 Å². The smallest absolute Gasteiger partial charge is 0.258 e. The van der Waals surface area contributed by atoms with Crippen LogP contribution < -0.4 is 0 Å². The highest BCUT2D eigenvalue weighted by molar-refractivity contribution is 6.33. The van der Waals surface area contributed by atoms with Gasteiger partial charge in [-0.1, -0.05) is 23.2 Å². The van der Waals surface area contributed by atoms with Crippen molar-refractivity contribution >= 4 is 28.9 Å². The number of benzene rings is 1. The number of aromatic nitrogens is 2. The van der Waals surface area contributed by atoms with E-state index in [2.05, 4.69) is 9.97 Å². The molecule has 0 atom stereocenters. The SMILES string of the molecule is O=[N+]([O-])c1ccc(Cl)c(-c2cc(Cl)ncn2)c1. The average Bonchev–Trinajstić information content (AvgIpc) is 2.29. The van der Waals surface area contributed by atoms with Crippen molar-refractivity contribution < 1.29 is 4.92 Å². The molecular weight excluding hydrogens is 265 g/mol. The summed E-state index contributed by atoms with van der Waals surface area (Å²) < 4.78 is 0. The summed E-state index contributed by atoms with van der Waals surface area (Å²) >= 11 is 11.7. The van der Waals surface area contributed by atoms with Crippen LogP contribution in [-0.2, 0) is 0 Å². The normalized spacial score (nSPS) is 10.2. The van der Waals surface area contributed by atoms with Gasteiger partial charge < -0.3 is 0 Å². The maximum Gasteiger partial charge on any atom is 0.270 e. The number of non-ortho nitro benzene ring substituents is 1. The average molecular weight is 270 g/mol. The Bertz CT molecular complexity index is 590. The molecular formula is C10H5Cl2N3O2. The van der Waals surface area contributed by atoms with Gasteiger partial charge in [0, 0.05) is 23.8 Å². The Morgan fingerprint density at radius 1 is 1.18 bits per heavy atom. The Morgan fingerprint density at radius 3 is 2.59 bits per heavy atom. The Morgan fingerprint density at radius 2 is 1.94 bits per heavy atom. The van der Waals surface area contributed by atoms with Gasteiger partial charge in [-0.3, -0.25) is 10.1 Å². The fraction of sp³-hybridized carbons (Fsp3) is 0. The third kappa shape index (κ3) is 2.51. The lowest BCUT2D eigenvalue weighted by atomic mass is 10.1. The summed E-state index contributed by atoms with van der Waals surface area (Å²) in [7, 11) is 0. The van der Waals surface area contributed by atoms with E-state index in [4.69, 9.17) is 23.2 Å². The van der Waals surface area contributed by atoms with Crippen LogP contribution in [0.4, 0.5) is 5.69 Å². The van der Waals surface area contributed by atoms with Gasteiger partial charge in [-0.15, -0.1) is 0 Å². The standard InChI is InChI=1S/C10H5Cl2N3O2/c11-8-2-1-6(15(16)17)3-7(8)9-4-10(12)14-5-13-9/h1-5H. The molecule has 0 aliphatic rings. The topological polar surface area (TPSA) is 68.9 Å². The first-order chi connectivity index (χ1) is 8.08. The van der Waals surface area contributed by atoms with E-state index in [1.807, 2.05) is 0 Å². The Kier molecular flexibility index (Phi) is 3.21. The monoisotopic (exact) mass is 269 g/mol. The van der Waals surface area contributed by atoms with Crippen molar-refractivity contribution in [3.63, 3.8) is 0 Å². The molecule has 17 heavy (non-hydrogen) atoms. The van der Waals surface area contributed by atoms with Gasteiger partial charge in [0.25, 0.3) is 5.69 Å². The maximum atomic E-state index is 10.7. The molecule has 0 bridgehead atoms. The largest absolute Gasteiger partial charge is 0.270 e. The van der Waals surface area contributed by atoms with Crippen molar-refractivity contribution in [3.8, 4) is 11.3 Å². The summed E-state index contributed by atoms with van der Waals surface area (Å²) in [5.74, 6) is 0. The van der Waals surface area contributed by atoms with E-state index in [9.17, 15) is 10.1 Å². The highest BCUT2D eigenvalue weighted by Gasteiger charge is 2.12. The zero-order valence-electron chi connectivity index (χ0n) is 8.30. The number of hydrogen-bond donors (Lipinski definition) is 0. The molecule has 0 aliphatic carbocycles. The molecule has 86 valence electrons. The summed E-state index contributed by atoms with van der Waals surface area (Å²) in [5.41, 5.74) is 0.836. The van der Waals surface area contributed by atoms with Gasteiger partial charge in [-0.05, 0) is 6.07 Å². The molecule has 0 saturated heterocycles. The Labute approximate surface area is 106 Å². The van der Waals surface area contributed by atoms with E-state index >= 15 is 0 Å². The second-order valence-electron chi connectivity index (χ2n) is 3.15. The van der Waals surface area contributed by atoms with Crippen LogP contribution in [0.15, 0.2) is 30.6 Å². The van der Waals surface area contributed by atoms with E-state index in [0.29, 0.717) is 16.3 Å². The minimum atomic E-state index is -0.497. The fourth-order valence-electron chi connectivity index (χ4n) is 1.30. The van der Waals surface area contributed by atoms with Crippen LogP contribution in [0.25, 0.3) is 11.3 Å². The second kappa shape index (κ2) is 4.65. The first kappa shape index (κ1) is 11.8. The van der Waals surface area contributed by atoms with Crippen LogP contribution in [0.1, 0.15) is 0 Å². The van der Waals surface area contributed by atoms with Crippen LogP contribution in [0.3, 0.4) is 0 Å². The number of nitrogens with zero attached hydrogens (tertiary/aromatic N) is 3. The summed E-state index contributed by atoms with van der Waals surface area (Å²) in [6, 6.07) is 5.62. The molecule has 0 radical (unpaired) electrons. The second-order valence-corrected chi connectivity index (χ2v) is 3.94. The number of nitro groups is 1. The minimum absolute atomic E-state index is 0.0564. The van der Waals surface area contributed by atoms with Crippen LogP contribution in [0, 0.1) is 10.1 Å². The van der Waals surface area contributed by atoms with E-state index in [0.717, 1.165) is 0 Å². The van der Waals surface area contributed by atoms with Crippen molar-refractivity contribution in [1.29, 1.82) is 0 Å². The van der Waals surface area contributed by atoms with Gasteiger partial charge in [0.15, 0.2) is 0 Å². The number of rotatable bonds is 2. The lowest BCUT2D eigenvalue weighted by Gasteiger charge is -2.03. The molecule has 1 heterocycles. The van der Waals surface area contributed by atoms with E-state index < -0.39 is 4.92 Å². The maximum absolute atomic E-state index is 10.7. The fourth-order valence-corrected chi connectivity index (χ4v) is 1.67. The van der Waals surface area contributed by atoms with Crippen LogP contribution in [0.2, 0.25) is 10.2 Å². The molecule has 0 amide bonds. The lowest BCUT2D eigenvalue weighted by molar-refractivity contribution is -0.384. The highest BCUT2D eigenvalue weighted by atomic mass is 35.5. The third-order valence-corrected chi connectivity index (χ3v) is 2.61. The highest BCUT2D eigenvalue weighted by Crippen LogP contribution is 2.30. The molecule has 0 fully saturated rings. The molecule has 1 aromatic carbocycles. The van der Waals surface area contributed by atoms with Gasteiger partial charge >= 0.3 is 0 Å². The molecule has 7 heteroatoms. The molecule has 0 spiro atoms. The predicted octanol–water partition coefficient (Wildman–Crippen LogP) is 3.36. The molecule has 2 aromatic rings. The Balaban J connectivity index is 2.58. The van der Waals surface area contributed by atoms with Gasteiger partial charge in [0.05, 0.1) is 15.6 Å². The van der Waals surface area contributed by atoms with Crippen molar-refractivity contribution in [1.82, 2.24) is 9.97 Å².